The molecule has 0 aromatic rings. The lowest BCUT2D eigenvalue weighted by Gasteiger charge is -2.19. The van der Waals surface area contributed by atoms with Crippen molar-refractivity contribution < 1.29 is 0 Å². The maximum Gasteiger partial charge on any atom is -0.00501 e. The Morgan fingerprint density at radius 3 is 2.60 bits per heavy atom. The predicted molar refractivity (Wildman–Crippen MR) is 66.4 cm³/mol. The normalized spacial score (nSPS) is 31.1. The van der Waals surface area contributed by atoms with Crippen LogP contribution in [0.3, 0.4) is 0 Å². The third-order valence-electron chi connectivity index (χ3n) is 3.75. The standard InChI is InChI=1S/C15H21/c1-11(2)13-6-8-14(9-7-13)15-5-4-12(3)10-15/h6-8,12,15H,1,4-5,9-10H2,2-3H3/t12?,15-/m0/s1. The number of hydrogen-bond donors (Lipinski definition) is 0. The first-order valence-electron chi connectivity index (χ1n) is 6.06. The zero-order valence-electron chi connectivity index (χ0n) is 9.92. The molecular formula is C15H21. The fourth-order valence-corrected chi connectivity index (χ4v) is 2.72. The second-order valence-electron chi connectivity index (χ2n) is 5.17. The Hall–Kier alpha value is -0.780. The molecule has 2 atom stereocenters. The molecule has 2 rings (SSSR count). The van der Waals surface area contributed by atoms with Crippen molar-refractivity contribution in [3.63, 3.8) is 0 Å². The predicted octanol–water partition coefficient (Wildman–Crippen LogP) is 4.46. The van der Waals surface area contributed by atoms with Gasteiger partial charge < -0.3 is 0 Å². The molecule has 1 radical (unpaired) electrons. The van der Waals surface area contributed by atoms with Gasteiger partial charge in [0.25, 0.3) is 0 Å². The van der Waals surface area contributed by atoms with E-state index in [4.69, 9.17) is 0 Å². The van der Waals surface area contributed by atoms with Crippen LogP contribution in [0.4, 0.5) is 0 Å². The zero-order chi connectivity index (χ0) is 10.8. The van der Waals surface area contributed by atoms with Crippen LogP contribution in [-0.2, 0) is 0 Å². The second kappa shape index (κ2) is 4.38. The van der Waals surface area contributed by atoms with E-state index in [1.807, 2.05) is 0 Å². The van der Waals surface area contributed by atoms with Crippen molar-refractivity contribution in [1.82, 2.24) is 0 Å². The summed E-state index contributed by atoms with van der Waals surface area (Å²) < 4.78 is 0. The van der Waals surface area contributed by atoms with Crippen molar-refractivity contribution in [2.45, 2.75) is 39.5 Å². The zero-order valence-corrected chi connectivity index (χ0v) is 9.92. The summed E-state index contributed by atoms with van der Waals surface area (Å²) in [5.41, 5.74) is 4.15. The molecule has 81 valence electrons. The van der Waals surface area contributed by atoms with Crippen LogP contribution < -0.4 is 0 Å². The highest BCUT2D eigenvalue weighted by Crippen LogP contribution is 2.38. The molecule has 2 aliphatic rings. The highest BCUT2D eigenvalue weighted by Gasteiger charge is 2.25. The molecule has 0 saturated heterocycles. The average molecular weight is 201 g/mol. The van der Waals surface area contributed by atoms with Gasteiger partial charge in [-0.25, -0.2) is 0 Å². The summed E-state index contributed by atoms with van der Waals surface area (Å²) in [5, 5.41) is 0. The summed E-state index contributed by atoms with van der Waals surface area (Å²) in [6.45, 7) is 8.44. The SMILES string of the molecule is C=C(C)C1=CC=C([C@H]2CCC(C)C2)C[CH]1. The van der Waals surface area contributed by atoms with Crippen molar-refractivity contribution in [3.05, 3.63) is 41.9 Å². The third kappa shape index (κ3) is 2.42. The van der Waals surface area contributed by atoms with Gasteiger partial charge in [-0.15, -0.1) is 0 Å². The number of rotatable bonds is 2. The molecule has 15 heavy (non-hydrogen) atoms. The molecule has 1 saturated carbocycles. The van der Waals surface area contributed by atoms with Gasteiger partial charge >= 0.3 is 0 Å². The molecule has 0 N–H and O–H groups in total. The molecule has 0 aromatic heterocycles. The molecule has 2 aliphatic carbocycles. The van der Waals surface area contributed by atoms with E-state index in [-0.39, 0.29) is 0 Å². The summed E-state index contributed by atoms with van der Waals surface area (Å²) in [6, 6.07) is 0. The third-order valence-corrected chi connectivity index (χ3v) is 3.75. The Kier molecular flexibility index (Phi) is 3.14. The van der Waals surface area contributed by atoms with Gasteiger partial charge in [0.15, 0.2) is 0 Å². The Balaban J connectivity index is 2.04. The average Bonchev–Trinajstić information content (AvgIpc) is 2.65. The van der Waals surface area contributed by atoms with Crippen LogP contribution in [0.1, 0.15) is 39.5 Å². The van der Waals surface area contributed by atoms with E-state index in [9.17, 15) is 0 Å². The molecule has 0 aromatic carbocycles. The van der Waals surface area contributed by atoms with Crippen LogP contribution in [0.15, 0.2) is 35.5 Å². The topological polar surface area (TPSA) is 0 Å². The van der Waals surface area contributed by atoms with Crippen molar-refractivity contribution in [3.8, 4) is 0 Å². The lowest BCUT2D eigenvalue weighted by Crippen LogP contribution is -2.04. The fraction of sp³-hybridized carbons (Fsp3) is 0.533. The van der Waals surface area contributed by atoms with Crippen molar-refractivity contribution >= 4 is 0 Å². The van der Waals surface area contributed by atoms with Gasteiger partial charge in [0, 0.05) is 0 Å². The Bertz CT molecular complexity index is 317. The molecule has 0 spiro atoms. The molecular weight excluding hydrogens is 180 g/mol. The molecule has 0 nitrogen and oxygen atoms in total. The highest BCUT2D eigenvalue weighted by atomic mass is 14.3. The molecule has 1 unspecified atom stereocenters. The van der Waals surface area contributed by atoms with Gasteiger partial charge in [0.2, 0.25) is 0 Å². The van der Waals surface area contributed by atoms with E-state index in [0.717, 1.165) is 18.3 Å². The number of hydrogen-bond acceptors (Lipinski definition) is 0. The first-order chi connectivity index (χ1) is 7.16. The minimum Gasteiger partial charge on any atom is -0.0958 e. The molecule has 0 amide bonds. The van der Waals surface area contributed by atoms with Gasteiger partial charge in [-0.05, 0) is 50.0 Å². The van der Waals surface area contributed by atoms with Crippen molar-refractivity contribution in [1.29, 1.82) is 0 Å². The second-order valence-corrected chi connectivity index (χ2v) is 5.17. The molecule has 0 heterocycles. The van der Waals surface area contributed by atoms with Crippen LogP contribution in [0.2, 0.25) is 0 Å². The van der Waals surface area contributed by atoms with Gasteiger partial charge in [-0.2, -0.15) is 0 Å². The summed E-state index contributed by atoms with van der Waals surface area (Å²) >= 11 is 0. The van der Waals surface area contributed by atoms with Gasteiger partial charge in [0.1, 0.15) is 0 Å². The van der Waals surface area contributed by atoms with Crippen molar-refractivity contribution in [2.75, 3.05) is 0 Å². The monoisotopic (exact) mass is 201 g/mol. The van der Waals surface area contributed by atoms with Crippen LogP contribution in [0.5, 0.6) is 0 Å². The number of allylic oxidation sites excluding steroid dienone is 5. The quantitative estimate of drug-likeness (QED) is 0.618. The largest absolute Gasteiger partial charge is 0.0958 e. The Morgan fingerprint density at radius 2 is 2.13 bits per heavy atom. The lowest BCUT2D eigenvalue weighted by atomic mass is 9.86. The van der Waals surface area contributed by atoms with E-state index in [0.29, 0.717) is 0 Å². The fourth-order valence-electron chi connectivity index (χ4n) is 2.72. The van der Waals surface area contributed by atoms with E-state index < -0.39 is 0 Å². The minimum absolute atomic E-state index is 0.860. The van der Waals surface area contributed by atoms with Crippen LogP contribution in [0.25, 0.3) is 0 Å². The van der Waals surface area contributed by atoms with Gasteiger partial charge in [0.05, 0.1) is 0 Å². The summed E-state index contributed by atoms with van der Waals surface area (Å²) in [5.74, 6) is 1.79. The van der Waals surface area contributed by atoms with E-state index in [1.54, 1.807) is 5.57 Å². The van der Waals surface area contributed by atoms with E-state index in [2.05, 4.69) is 39.0 Å². The Morgan fingerprint density at radius 1 is 1.33 bits per heavy atom. The first-order valence-corrected chi connectivity index (χ1v) is 6.06. The molecule has 1 fully saturated rings. The van der Waals surface area contributed by atoms with Crippen LogP contribution >= 0.6 is 0 Å². The van der Waals surface area contributed by atoms with E-state index >= 15 is 0 Å². The smallest absolute Gasteiger partial charge is 0.00501 e. The summed E-state index contributed by atoms with van der Waals surface area (Å²) in [7, 11) is 0. The Labute approximate surface area is 93.8 Å². The lowest BCUT2D eigenvalue weighted by molar-refractivity contribution is 0.563. The van der Waals surface area contributed by atoms with Gasteiger partial charge in [-0.3, -0.25) is 0 Å². The molecule has 0 heteroatoms. The summed E-state index contributed by atoms with van der Waals surface area (Å²) in [4.78, 5) is 0. The summed E-state index contributed by atoms with van der Waals surface area (Å²) in [6.07, 6.45) is 12.3. The first kappa shape index (κ1) is 10.7. The van der Waals surface area contributed by atoms with Crippen LogP contribution in [0, 0.1) is 18.3 Å². The van der Waals surface area contributed by atoms with Gasteiger partial charge in [-0.1, -0.05) is 43.2 Å². The minimum atomic E-state index is 0.860. The maximum atomic E-state index is 3.98. The van der Waals surface area contributed by atoms with Crippen LogP contribution in [-0.4, -0.2) is 0 Å². The molecule has 0 bridgehead atoms. The van der Waals surface area contributed by atoms with Crippen molar-refractivity contribution in [2.24, 2.45) is 11.8 Å². The maximum absolute atomic E-state index is 3.98. The highest BCUT2D eigenvalue weighted by molar-refractivity contribution is 5.42. The van der Waals surface area contributed by atoms with E-state index in [1.165, 1.54) is 30.4 Å². The molecule has 0 aliphatic heterocycles.